The number of aliphatic hydroxyl groups excluding tert-OH is 2. The van der Waals surface area contributed by atoms with Gasteiger partial charge in [-0.15, -0.1) is 11.6 Å². The molecule has 6 heteroatoms. The van der Waals surface area contributed by atoms with Crippen molar-refractivity contribution in [2.75, 3.05) is 6.61 Å². The standard InChI is InChI=1S/C9H13ClO5/c10-7-6(12)3-1-4(11)15-8-5(3)9(7,13)2-14-8/h3-8,11-13H,1-2H2/t3-,4-,5-,6-,7+,8-,9+/m0/s1. The van der Waals surface area contributed by atoms with Gasteiger partial charge in [-0.1, -0.05) is 0 Å². The van der Waals surface area contributed by atoms with Gasteiger partial charge in [0.2, 0.25) is 0 Å². The average molecular weight is 237 g/mol. The van der Waals surface area contributed by atoms with E-state index in [9.17, 15) is 15.3 Å². The molecule has 15 heavy (non-hydrogen) atoms. The van der Waals surface area contributed by atoms with Gasteiger partial charge in [-0.05, 0) is 0 Å². The molecule has 0 amide bonds. The summed E-state index contributed by atoms with van der Waals surface area (Å²) in [7, 11) is 0. The number of hydrogen-bond acceptors (Lipinski definition) is 5. The minimum atomic E-state index is -1.23. The van der Waals surface area contributed by atoms with Crippen LogP contribution in [-0.2, 0) is 9.47 Å². The fourth-order valence-corrected chi connectivity index (χ4v) is 3.46. The van der Waals surface area contributed by atoms with E-state index in [0.29, 0.717) is 0 Å². The first-order valence-corrected chi connectivity index (χ1v) is 5.47. The predicted molar refractivity (Wildman–Crippen MR) is 49.0 cm³/mol. The summed E-state index contributed by atoms with van der Waals surface area (Å²) >= 11 is 6.00. The molecule has 2 heterocycles. The fourth-order valence-electron chi connectivity index (χ4n) is 3.07. The summed E-state index contributed by atoms with van der Waals surface area (Å²) in [6, 6.07) is 0. The highest BCUT2D eigenvalue weighted by Crippen LogP contribution is 2.54. The van der Waals surface area contributed by atoms with Gasteiger partial charge in [0.15, 0.2) is 12.6 Å². The third-order valence-electron chi connectivity index (χ3n) is 3.79. The fraction of sp³-hybridized carbons (Fsp3) is 1.00. The lowest BCUT2D eigenvalue weighted by Gasteiger charge is -2.34. The molecule has 2 aliphatic heterocycles. The predicted octanol–water partition coefficient (Wildman–Crippen LogP) is -0.973. The molecule has 5 nitrogen and oxygen atoms in total. The van der Waals surface area contributed by atoms with Crippen molar-refractivity contribution in [3.8, 4) is 0 Å². The van der Waals surface area contributed by atoms with Gasteiger partial charge in [-0.3, -0.25) is 0 Å². The van der Waals surface area contributed by atoms with E-state index in [2.05, 4.69) is 0 Å². The van der Waals surface area contributed by atoms with Crippen LogP contribution < -0.4 is 0 Å². The summed E-state index contributed by atoms with van der Waals surface area (Å²) in [5.74, 6) is -0.591. The van der Waals surface area contributed by atoms with Crippen LogP contribution in [0, 0.1) is 11.8 Å². The summed E-state index contributed by atoms with van der Waals surface area (Å²) in [6.45, 7) is 0.0524. The Hall–Kier alpha value is 0.0900. The van der Waals surface area contributed by atoms with Gasteiger partial charge < -0.3 is 24.8 Å². The van der Waals surface area contributed by atoms with E-state index >= 15 is 0 Å². The zero-order valence-corrected chi connectivity index (χ0v) is 8.67. The maximum Gasteiger partial charge on any atom is 0.166 e. The minimum Gasteiger partial charge on any atom is -0.391 e. The molecule has 2 saturated heterocycles. The van der Waals surface area contributed by atoms with Crippen LogP contribution in [-0.4, -0.2) is 51.6 Å². The van der Waals surface area contributed by atoms with E-state index in [1.807, 2.05) is 0 Å². The maximum absolute atomic E-state index is 10.3. The normalized spacial score (nSPS) is 63.2. The minimum absolute atomic E-state index is 0.0524. The third kappa shape index (κ3) is 1.16. The average Bonchev–Trinajstić information content (AvgIpc) is 2.61. The van der Waals surface area contributed by atoms with Crippen molar-refractivity contribution in [1.29, 1.82) is 0 Å². The van der Waals surface area contributed by atoms with Crippen molar-refractivity contribution < 1.29 is 24.8 Å². The second-order valence-electron chi connectivity index (χ2n) is 4.58. The molecule has 3 N–H and O–H groups in total. The monoisotopic (exact) mass is 236 g/mol. The van der Waals surface area contributed by atoms with Crippen LogP contribution in [0.25, 0.3) is 0 Å². The summed E-state index contributed by atoms with van der Waals surface area (Å²) < 4.78 is 10.4. The quantitative estimate of drug-likeness (QED) is 0.472. The van der Waals surface area contributed by atoms with Crippen molar-refractivity contribution in [3.05, 3.63) is 0 Å². The lowest BCUT2D eigenvalue weighted by atomic mass is 9.84. The first-order chi connectivity index (χ1) is 7.04. The molecule has 0 unspecified atom stereocenters. The Morgan fingerprint density at radius 3 is 2.80 bits per heavy atom. The van der Waals surface area contributed by atoms with Gasteiger partial charge in [0.1, 0.15) is 5.60 Å². The number of rotatable bonds is 0. The van der Waals surface area contributed by atoms with Crippen LogP contribution in [0.5, 0.6) is 0 Å². The molecule has 3 aliphatic rings. The van der Waals surface area contributed by atoms with Crippen LogP contribution in [0.3, 0.4) is 0 Å². The molecule has 0 radical (unpaired) electrons. The molecule has 1 aliphatic carbocycles. The van der Waals surface area contributed by atoms with Gasteiger partial charge in [-0.2, -0.15) is 0 Å². The van der Waals surface area contributed by atoms with Gasteiger partial charge >= 0.3 is 0 Å². The molecule has 3 fully saturated rings. The Kier molecular flexibility index (Phi) is 2.09. The molecule has 7 atom stereocenters. The lowest BCUT2D eigenvalue weighted by molar-refractivity contribution is -0.265. The highest BCUT2D eigenvalue weighted by Gasteiger charge is 2.67. The first kappa shape index (κ1) is 10.3. The van der Waals surface area contributed by atoms with Crippen molar-refractivity contribution in [2.24, 2.45) is 11.8 Å². The van der Waals surface area contributed by atoms with Crippen molar-refractivity contribution in [3.63, 3.8) is 0 Å². The van der Waals surface area contributed by atoms with Crippen LogP contribution in [0.15, 0.2) is 0 Å². The van der Waals surface area contributed by atoms with Crippen LogP contribution in [0.4, 0.5) is 0 Å². The molecule has 86 valence electrons. The summed E-state index contributed by atoms with van der Waals surface area (Å²) in [5.41, 5.74) is -1.23. The van der Waals surface area contributed by atoms with E-state index in [1.165, 1.54) is 0 Å². The van der Waals surface area contributed by atoms with E-state index in [4.69, 9.17) is 21.1 Å². The number of halogens is 1. The number of aliphatic hydroxyl groups is 3. The van der Waals surface area contributed by atoms with Crippen LogP contribution in [0.1, 0.15) is 6.42 Å². The van der Waals surface area contributed by atoms with Gasteiger partial charge in [0.05, 0.1) is 18.1 Å². The Morgan fingerprint density at radius 2 is 2.07 bits per heavy atom. The molecule has 3 rings (SSSR count). The highest BCUT2D eigenvalue weighted by molar-refractivity contribution is 6.22. The molecule has 0 aromatic carbocycles. The molecule has 0 spiro atoms. The van der Waals surface area contributed by atoms with E-state index in [1.54, 1.807) is 0 Å². The topological polar surface area (TPSA) is 79.2 Å². The van der Waals surface area contributed by atoms with E-state index in [0.717, 1.165) is 0 Å². The van der Waals surface area contributed by atoms with Crippen LogP contribution in [0.2, 0.25) is 0 Å². The Bertz CT molecular complexity index is 288. The first-order valence-electron chi connectivity index (χ1n) is 5.03. The number of ether oxygens (including phenoxy) is 2. The van der Waals surface area contributed by atoms with Crippen LogP contribution >= 0.6 is 11.6 Å². The van der Waals surface area contributed by atoms with Gasteiger partial charge in [0.25, 0.3) is 0 Å². The molecular formula is C9H13ClO5. The van der Waals surface area contributed by atoms with Gasteiger partial charge in [0, 0.05) is 18.3 Å². The number of hydrogen-bond donors (Lipinski definition) is 3. The summed E-state index contributed by atoms with van der Waals surface area (Å²) in [4.78, 5) is 0. The number of alkyl halides is 1. The molecule has 0 bridgehead atoms. The third-order valence-corrected chi connectivity index (χ3v) is 4.43. The Morgan fingerprint density at radius 1 is 1.33 bits per heavy atom. The van der Waals surface area contributed by atoms with Crippen molar-refractivity contribution in [1.82, 2.24) is 0 Å². The smallest absolute Gasteiger partial charge is 0.166 e. The van der Waals surface area contributed by atoms with E-state index in [-0.39, 0.29) is 24.9 Å². The molecule has 0 aromatic heterocycles. The maximum atomic E-state index is 10.3. The SMILES string of the molecule is O[C@H]1[C@H]2C[C@@H](O)O[C@@H]3OC[C@@](O)([C@H]32)[C@@H]1Cl. The van der Waals surface area contributed by atoms with Crippen molar-refractivity contribution >= 4 is 11.6 Å². The summed E-state index contributed by atoms with van der Waals surface area (Å²) in [6.07, 6.45) is -2.12. The second kappa shape index (κ2) is 3.06. The highest BCUT2D eigenvalue weighted by atomic mass is 35.5. The van der Waals surface area contributed by atoms with Gasteiger partial charge in [-0.25, -0.2) is 0 Å². The zero-order chi connectivity index (χ0) is 10.8. The second-order valence-corrected chi connectivity index (χ2v) is 5.05. The Balaban J connectivity index is 1.98. The van der Waals surface area contributed by atoms with E-state index < -0.39 is 29.7 Å². The molecule has 0 aromatic rings. The Labute approximate surface area is 91.6 Å². The lowest BCUT2D eigenvalue weighted by Crippen LogP contribution is -2.46. The van der Waals surface area contributed by atoms with Crippen molar-refractivity contribution in [2.45, 2.75) is 36.1 Å². The summed E-state index contributed by atoms with van der Waals surface area (Å²) in [5, 5.41) is 28.8. The molecule has 1 saturated carbocycles. The largest absolute Gasteiger partial charge is 0.391 e. The molecular weight excluding hydrogens is 224 g/mol. The zero-order valence-electron chi connectivity index (χ0n) is 7.91.